The Kier molecular flexibility index (Phi) is 4.32. The molecule has 0 bridgehead atoms. The lowest BCUT2D eigenvalue weighted by atomic mass is 10.3. The van der Waals surface area contributed by atoms with Crippen LogP contribution in [0.1, 0.15) is 5.01 Å². The molecular weight excluding hydrogens is 329 g/mol. The van der Waals surface area contributed by atoms with Gasteiger partial charge in [-0.3, -0.25) is 0 Å². The van der Waals surface area contributed by atoms with Crippen molar-refractivity contribution in [3.8, 4) is 0 Å². The highest BCUT2D eigenvalue weighted by Crippen LogP contribution is 2.31. The molecule has 0 fully saturated rings. The van der Waals surface area contributed by atoms with Crippen LogP contribution in [0.5, 0.6) is 0 Å². The van der Waals surface area contributed by atoms with Gasteiger partial charge >= 0.3 is 0 Å². The summed E-state index contributed by atoms with van der Waals surface area (Å²) in [4.78, 5) is 3.80. The van der Waals surface area contributed by atoms with Crippen molar-refractivity contribution in [2.24, 2.45) is 0 Å². The quantitative estimate of drug-likeness (QED) is 0.839. The minimum Gasteiger partial charge on any atom is -0.399 e. The highest BCUT2D eigenvalue weighted by molar-refractivity contribution is 7.89. The van der Waals surface area contributed by atoms with Gasteiger partial charge in [0.05, 0.1) is 16.6 Å². The summed E-state index contributed by atoms with van der Waals surface area (Å²) in [6.45, 7) is 0.0804. The summed E-state index contributed by atoms with van der Waals surface area (Å²) in [5.41, 5.74) is 5.83. The van der Waals surface area contributed by atoms with E-state index in [1.54, 1.807) is 11.6 Å². The van der Waals surface area contributed by atoms with Gasteiger partial charge in [0.2, 0.25) is 10.0 Å². The zero-order valence-electron chi connectivity index (χ0n) is 9.43. The smallest absolute Gasteiger partial charge is 0.243 e. The van der Waals surface area contributed by atoms with Gasteiger partial charge in [0.1, 0.15) is 9.90 Å². The third-order valence-corrected chi connectivity index (χ3v) is 5.29. The molecule has 0 amide bonds. The van der Waals surface area contributed by atoms with Gasteiger partial charge in [0.25, 0.3) is 0 Å². The number of benzene rings is 1. The average Bonchev–Trinajstić information content (AvgIpc) is 2.77. The molecule has 0 atom stereocenters. The first-order chi connectivity index (χ1) is 8.90. The van der Waals surface area contributed by atoms with Crippen molar-refractivity contribution in [2.45, 2.75) is 11.4 Å². The molecule has 0 unspecified atom stereocenters. The second-order valence-corrected chi connectivity index (χ2v) is 7.06. The third kappa shape index (κ3) is 3.37. The molecule has 2 rings (SSSR count). The average molecular weight is 338 g/mol. The Labute approximate surface area is 124 Å². The van der Waals surface area contributed by atoms with Crippen LogP contribution in [0.3, 0.4) is 0 Å². The predicted molar refractivity (Wildman–Crippen MR) is 77.0 cm³/mol. The molecule has 0 saturated heterocycles. The molecule has 2 aromatic rings. The molecule has 9 heteroatoms. The number of thiazole rings is 1. The fraction of sp³-hybridized carbons (Fsp3) is 0.100. The largest absolute Gasteiger partial charge is 0.399 e. The summed E-state index contributed by atoms with van der Waals surface area (Å²) in [7, 11) is -3.82. The van der Waals surface area contributed by atoms with Crippen LogP contribution in [0.2, 0.25) is 10.0 Å². The maximum Gasteiger partial charge on any atom is 0.243 e. The topological polar surface area (TPSA) is 85.1 Å². The highest BCUT2D eigenvalue weighted by atomic mass is 35.5. The lowest BCUT2D eigenvalue weighted by Crippen LogP contribution is -2.24. The Bertz CT molecular complexity index is 664. The van der Waals surface area contributed by atoms with E-state index in [0.29, 0.717) is 10.7 Å². The minimum absolute atomic E-state index is 0.0170. The molecule has 5 nitrogen and oxygen atoms in total. The van der Waals surface area contributed by atoms with E-state index in [-0.39, 0.29) is 21.5 Å². The van der Waals surface area contributed by atoms with E-state index in [0.717, 1.165) is 0 Å². The Morgan fingerprint density at radius 1 is 1.32 bits per heavy atom. The van der Waals surface area contributed by atoms with Crippen molar-refractivity contribution in [1.82, 2.24) is 9.71 Å². The van der Waals surface area contributed by atoms with E-state index in [1.807, 2.05) is 0 Å². The predicted octanol–water partition coefficient (Wildman–Crippen LogP) is 2.51. The van der Waals surface area contributed by atoms with Crippen LogP contribution in [-0.4, -0.2) is 13.4 Å². The molecular formula is C10H9Cl2N3O2S2. The van der Waals surface area contributed by atoms with E-state index < -0.39 is 10.0 Å². The zero-order chi connectivity index (χ0) is 14.0. The van der Waals surface area contributed by atoms with Gasteiger partial charge < -0.3 is 5.73 Å². The number of hydrogen-bond acceptors (Lipinski definition) is 5. The number of anilines is 1. The van der Waals surface area contributed by atoms with Crippen LogP contribution >= 0.6 is 34.5 Å². The number of nitrogen functional groups attached to an aromatic ring is 1. The van der Waals surface area contributed by atoms with Crippen molar-refractivity contribution in [1.29, 1.82) is 0 Å². The Balaban J connectivity index is 2.29. The third-order valence-electron chi connectivity index (χ3n) is 2.19. The lowest BCUT2D eigenvalue weighted by molar-refractivity contribution is 0.581. The minimum atomic E-state index is -3.82. The molecule has 0 aliphatic heterocycles. The maximum absolute atomic E-state index is 12.1. The number of rotatable bonds is 4. The van der Waals surface area contributed by atoms with Gasteiger partial charge in [-0.05, 0) is 12.1 Å². The molecule has 102 valence electrons. The molecule has 1 aromatic carbocycles. The Morgan fingerprint density at radius 2 is 1.95 bits per heavy atom. The summed E-state index contributed by atoms with van der Waals surface area (Å²) in [6.07, 6.45) is 1.59. The molecule has 0 radical (unpaired) electrons. The van der Waals surface area contributed by atoms with Crippen LogP contribution in [-0.2, 0) is 16.6 Å². The van der Waals surface area contributed by atoms with Gasteiger partial charge in [-0.15, -0.1) is 11.3 Å². The summed E-state index contributed by atoms with van der Waals surface area (Å²) in [6, 6.07) is 2.68. The second kappa shape index (κ2) is 5.64. The number of nitrogens with one attached hydrogen (secondary N) is 1. The van der Waals surface area contributed by atoms with Crippen molar-refractivity contribution >= 4 is 50.2 Å². The summed E-state index contributed by atoms with van der Waals surface area (Å²) in [5, 5.41) is 2.37. The van der Waals surface area contributed by atoms with Crippen LogP contribution in [0.25, 0.3) is 0 Å². The molecule has 0 saturated carbocycles. The number of hydrogen-bond donors (Lipinski definition) is 2. The number of halogens is 2. The van der Waals surface area contributed by atoms with E-state index in [4.69, 9.17) is 28.9 Å². The summed E-state index contributed by atoms with van der Waals surface area (Å²) >= 11 is 13.1. The molecule has 1 heterocycles. The molecule has 3 N–H and O–H groups in total. The Morgan fingerprint density at radius 3 is 2.47 bits per heavy atom. The summed E-state index contributed by atoms with van der Waals surface area (Å²) in [5.74, 6) is 0. The fourth-order valence-electron chi connectivity index (χ4n) is 1.41. The first kappa shape index (κ1) is 14.5. The first-order valence-corrected chi connectivity index (χ1v) is 8.14. The van der Waals surface area contributed by atoms with Crippen molar-refractivity contribution in [2.75, 3.05) is 5.73 Å². The van der Waals surface area contributed by atoms with Crippen molar-refractivity contribution < 1.29 is 8.42 Å². The number of sulfonamides is 1. The van der Waals surface area contributed by atoms with Gasteiger partial charge in [0, 0.05) is 17.3 Å². The Hall–Kier alpha value is -0.860. The van der Waals surface area contributed by atoms with Crippen molar-refractivity contribution in [3.05, 3.63) is 38.8 Å². The normalized spacial score (nSPS) is 11.7. The van der Waals surface area contributed by atoms with Gasteiger partial charge in [0.15, 0.2) is 0 Å². The van der Waals surface area contributed by atoms with Gasteiger partial charge in [-0.25, -0.2) is 18.1 Å². The van der Waals surface area contributed by atoms with E-state index in [1.165, 1.54) is 23.5 Å². The fourth-order valence-corrected chi connectivity index (χ4v) is 4.27. The molecule has 1 aromatic heterocycles. The highest BCUT2D eigenvalue weighted by Gasteiger charge is 2.22. The van der Waals surface area contributed by atoms with Crippen molar-refractivity contribution in [3.63, 3.8) is 0 Å². The van der Waals surface area contributed by atoms with E-state index in [2.05, 4.69) is 9.71 Å². The molecule has 0 spiro atoms. The van der Waals surface area contributed by atoms with Crippen LogP contribution in [0.15, 0.2) is 28.6 Å². The lowest BCUT2D eigenvalue weighted by Gasteiger charge is -2.10. The standard InChI is InChI=1S/C10H9Cl2N3O2S2/c11-7-3-6(13)4-8(12)10(7)19(16,17)15-5-9-14-1-2-18-9/h1-4,15H,5,13H2. The van der Waals surface area contributed by atoms with Gasteiger partial charge in [-0.1, -0.05) is 23.2 Å². The van der Waals surface area contributed by atoms with Gasteiger partial charge in [-0.2, -0.15) is 0 Å². The SMILES string of the molecule is Nc1cc(Cl)c(S(=O)(=O)NCc2nccs2)c(Cl)c1. The number of nitrogens with zero attached hydrogens (tertiary/aromatic N) is 1. The van der Waals surface area contributed by atoms with E-state index >= 15 is 0 Å². The zero-order valence-corrected chi connectivity index (χ0v) is 12.6. The van der Waals surface area contributed by atoms with Crippen LogP contribution in [0, 0.1) is 0 Å². The van der Waals surface area contributed by atoms with Crippen LogP contribution < -0.4 is 10.5 Å². The maximum atomic E-state index is 12.1. The van der Waals surface area contributed by atoms with Crippen LogP contribution in [0.4, 0.5) is 5.69 Å². The van der Waals surface area contributed by atoms with E-state index in [9.17, 15) is 8.42 Å². The second-order valence-electron chi connectivity index (χ2n) is 3.56. The molecule has 19 heavy (non-hydrogen) atoms. The number of nitrogens with two attached hydrogens (primary N) is 1. The monoisotopic (exact) mass is 337 g/mol. The number of aromatic nitrogens is 1. The summed E-state index contributed by atoms with van der Waals surface area (Å²) < 4.78 is 26.7. The molecule has 0 aliphatic rings. The first-order valence-electron chi connectivity index (χ1n) is 5.02. The molecule has 0 aliphatic carbocycles.